The standard InChI is InChI=1S/C18H36O5Si/c1-8-24(9-2,10-3)23-18-13(5)16(20)15(19)12(4)17(14(18)6)22-11-21-7/h12-15,17-19H,8-11H2,1-7H3/t12-,13-,14+,15-,17-,18-/m1/s1. The van der Waals surface area contributed by atoms with Crippen molar-refractivity contribution in [3.8, 4) is 0 Å². The molecule has 0 aromatic rings. The first-order valence-corrected chi connectivity index (χ1v) is 11.8. The van der Waals surface area contributed by atoms with E-state index in [-0.39, 0.29) is 42.5 Å². The highest BCUT2D eigenvalue weighted by Gasteiger charge is 2.48. The lowest BCUT2D eigenvalue weighted by molar-refractivity contribution is -0.140. The predicted molar refractivity (Wildman–Crippen MR) is 97.3 cm³/mol. The van der Waals surface area contributed by atoms with Crippen LogP contribution in [0.5, 0.6) is 0 Å². The maximum atomic E-state index is 12.7. The van der Waals surface area contributed by atoms with Crippen molar-refractivity contribution in [2.24, 2.45) is 17.8 Å². The zero-order valence-corrected chi connectivity index (χ0v) is 17.4. The number of ketones is 1. The Kier molecular flexibility index (Phi) is 8.55. The van der Waals surface area contributed by atoms with Gasteiger partial charge < -0.3 is 19.0 Å². The van der Waals surface area contributed by atoms with Crippen molar-refractivity contribution >= 4 is 14.1 Å². The molecule has 0 bridgehead atoms. The van der Waals surface area contributed by atoms with Crippen LogP contribution in [0.2, 0.25) is 18.1 Å². The first kappa shape index (κ1) is 21.8. The third-order valence-electron chi connectivity index (χ3n) is 5.98. The summed E-state index contributed by atoms with van der Waals surface area (Å²) in [4.78, 5) is 12.7. The topological polar surface area (TPSA) is 65.0 Å². The van der Waals surface area contributed by atoms with Gasteiger partial charge in [-0.05, 0) is 18.1 Å². The van der Waals surface area contributed by atoms with E-state index >= 15 is 0 Å². The summed E-state index contributed by atoms with van der Waals surface area (Å²) in [7, 11) is -0.289. The quantitative estimate of drug-likeness (QED) is 0.409. The molecule has 5 nitrogen and oxygen atoms in total. The second-order valence-corrected chi connectivity index (χ2v) is 11.9. The SMILES string of the molecule is CC[Si](CC)(CC)O[C@H]1[C@@H](C)[C@H](OCOC)[C@H](C)[C@@H](O)C(=O)[C@H]1C. The summed E-state index contributed by atoms with van der Waals surface area (Å²) in [6.45, 7) is 12.5. The molecule has 0 unspecified atom stereocenters. The van der Waals surface area contributed by atoms with Gasteiger partial charge in [-0.25, -0.2) is 0 Å². The predicted octanol–water partition coefficient (Wildman–Crippen LogP) is 3.22. The van der Waals surface area contributed by atoms with Crippen molar-refractivity contribution in [1.29, 1.82) is 0 Å². The van der Waals surface area contributed by atoms with Crippen molar-refractivity contribution in [3.63, 3.8) is 0 Å². The summed E-state index contributed by atoms with van der Waals surface area (Å²) in [5.41, 5.74) is 0. The first-order chi connectivity index (χ1) is 11.3. The van der Waals surface area contributed by atoms with Crippen molar-refractivity contribution in [2.45, 2.75) is 78.0 Å². The number of rotatable bonds is 8. The van der Waals surface area contributed by atoms with Crippen LogP contribution in [0.3, 0.4) is 0 Å². The Balaban J connectivity index is 3.16. The van der Waals surface area contributed by atoms with Crippen LogP contribution >= 0.6 is 0 Å². The van der Waals surface area contributed by atoms with E-state index in [1.165, 1.54) is 0 Å². The lowest BCUT2D eigenvalue weighted by Crippen LogP contribution is -2.47. The summed E-state index contributed by atoms with van der Waals surface area (Å²) in [6.07, 6.45) is -1.50. The van der Waals surface area contributed by atoms with Gasteiger partial charge in [0.15, 0.2) is 14.1 Å². The number of aliphatic hydroxyl groups is 1. The van der Waals surface area contributed by atoms with Crippen molar-refractivity contribution in [1.82, 2.24) is 0 Å². The summed E-state index contributed by atoms with van der Waals surface area (Å²) in [5, 5.41) is 10.5. The fourth-order valence-electron chi connectivity index (χ4n) is 3.94. The Bertz CT molecular complexity index is 391. The molecule has 0 aliphatic heterocycles. The summed E-state index contributed by atoms with van der Waals surface area (Å²) < 4.78 is 17.6. The minimum absolute atomic E-state index is 0.0165. The highest BCUT2D eigenvalue weighted by atomic mass is 28.4. The molecule has 0 aromatic carbocycles. The fourth-order valence-corrected chi connectivity index (χ4v) is 6.94. The molecule has 1 N–H and O–H groups in total. The molecule has 1 aliphatic carbocycles. The molecular weight excluding hydrogens is 324 g/mol. The van der Waals surface area contributed by atoms with Gasteiger partial charge in [0.05, 0.1) is 12.2 Å². The molecule has 0 saturated heterocycles. The second kappa shape index (κ2) is 9.43. The van der Waals surface area contributed by atoms with Crippen molar-refractivity contribution < 1.29 is 23.8 Å². The van der Waals surface area contributed by atoms with Gasteiger partial charge in [0.2, 0.25) is 0 Å². The molecule has 24 heavy (non-hydrogen) atoms. The van der Waals surface area contributed by atoms with E-state index in [4.69, 9.17) is 13.9 Å². The molecule has 1 saturated carbocycles. The lowest BCUT2D eigenvalue weighted by Gasteiger charge is -2.39. The van der Waals surface area contributed by atoms with Gasteiger partial charge in [0.1, 0.15) is 12.9 Å². The molecule has 1 rings (SSSR count). The summed E-state index contributed by atoms with van der Waals surface area (Å²) >= 11 is 0. The van der Waals surface area contributed by atoms with Gasteiger partial charge in [-0.15, -0.1) is 0 Å². The number of ether oxygens (including phenoxy) is 2. The maximum Gasteiger partial charge on any atom is 0.192 e. The number of methoxy groups -OCH3 is 1. The van der Waals surface area contributed by atoms with E-state index < -0.39 is 14.4 Å². The Hall–Kier alpha value is -0.273. The zero-order valence-electron chi connectivity index (χ0n) is 16.4. The van der Waals surface area contributed by atoms with Crippen LogP contribution in [0.15, 0.2) is 0 Å². The smallest absolute Gasteiger partial charge is 0.192 e. The van der Waals surface area contributed by atoms with E-state index in [1.54, 1.807) is 7.11 Å². The van der Waals surface area contributed by atoms with Gasteiger partial charge in [0, 0.05) is 24.9 Å². The molecule has 0 amide bonds. The Morgan fingerprint density at radius 2 is 1.54 bits per heavy atom. The minimum atomic E-state index is -1.87. The molecular formula is C18H36O5Si. The highest BCUT2D eigenvalue weighted by Crippen LogP contribution is 2.37. The number of hydrogen-bond acceptors (Lipinski definition) is 5. The van der Waals surface area contributed by atoms with Crippen LogP contribution in [0, 0.1) is 17.8 Å². The molecule has 6 heteroatoms. The Morgan fingerprint density at radius 1 is 1.00 bits per heavy atom. The van der Waals surface area contributed by atoms with Crippen LogP contribution in [-0.2, 0) is 18.7 Å². The highest BCUT2D eigenvalue weighted by molar-refractivity contribution is 6.73. The number of carbonyl (C=O) groups is 1. The van der Waals surface area contributed by atoms with E-state index in [0.29, 0.717) is 0 Å². The van der Waals surface area contributed by atoms with Gasteiger partial charge in [-0.3, -0.25) is 4.79 Å². The van der Waals surface area contributed by atoms with Gasteiger partial charge >= 0.3 is 0 Å². The van der Waals surface area contributed by atoms with Gasteiger partial charge in [-0.2, -0.15) is 0 Å². The molecule has 142 valence electrons. The van der Waals surface area contributed by atoms with E-state index in [2.05, 4.69) is 27.7 Å². The van der Waals surface area contributed by atoms with Gasteiger partial charge in [-0.1, -0.05) is 41.5 Å². The summed E-state index contributed by atoms with van der Waals surface area (Å²) in [5.74, 6) is -0.721. The first-order valence-electron chi connectivity index (χ1n) is 9.28. The number of aliphatic hydroxyl groups excluding tert-OH is 1. The van der Waals surface area contributed by atoms with E-state index in [0.717, 1.165) is 18.1 Å². The molecule has 6 atom stereocenters. The van der Waals surface area contributed by atoms with Crippen LogP contribution in [0.1, 0.15) is 41.5 Å². The number of Topliss-reactive ketones (excluding diaryl/α,β-unsaturated/α-hetero) is 1. The third kappa shape index (κ3) is 4.46. The number of carbonyl (C=O) groups excluding carboxylic acids is 1. The molecule has 1 fully saturated rings. The molecule has 1 aliphatic rings. The largest absolute Gasteiger partial charge is 0.413 e. The van der Waals surface area contributed by atoms with E-state index in [9.17, 15) is 9.90 Å². The van der Waals surface area contributed by atoms with Crippen LogP contribution in [0.25, 0.3) is 0 Å². The second-order valence-electron chi connectivity index (χ2n) is 7.22. The van der Waals surface area contributed by atoms with Crippen molar-refractivity contribution in [2.75, 3.05) is 13.9 Å². The van der Waals surface area contributed by atoms with Crippen LogP contribution in [0.4, 0.5) is 0 Å². The summed E-state index contributed by atoms with van der Waals surface area (Å²) in [6, 6.07) is 3.10. The molecule has 0 spiro atoms. The molecule has 0 radical (unpaired) electrons. The average molecular weight is 361 g/mol. The fraction of sp³-hybridized carbons (Fsp3) is 0.944. The zero-order chi connectivity index (χ0) is 18.5. The average Bonchev–Trinajstić information content (AvgIpc) is 2.65. The van der Waals surface area contributed by atoms with E-state index in [1.807, 2.05) is 13.8 Å². The minimum Gasteiger partial charge on any atom is -0.413 e. The lowest BCUT2D eigenvalue weighted by atomic mass is 9.88. The van der Waals surface area contributed by atoms with Crippen LogP contribution in [-0.4, -0.2) is 51.4 Å². The monoisotopic (exact) mass is 360 g/mol. The Morgan fingerprint density at radius 3 is 2.00 bits per heavy atom. The molecule has 0 aromatic heterocycles. The van der Waals surface area contributed by atoms with Gasteiger partial charge in [0.25, 0.3) is 0 Å². The van der Waals surface area contributed by atoms with Crippen molar-refractivity contribution in [3.05, 3.63) is 0 Å². The number of hydrogen-bond donors (Lipinski definition) is 1. The molecule has 0 heterocycles. The van der Waals surface area contributed by atoms with Crippen LogP contribution < -0.4 is 0 Å². The Labute approximate surface area is 148 Å². The normalized spacial score (nSPS) is 35.1. The third-order valence-corrected chi connectivity index (χ3v) is 10.6. The maximum absolute atomic E-state index is 12.7.